The predicted octanol–water partition coefficient (Wildman–Crippen LogP) is 3.50. The van der Waals surface area contributed by atoms with Gasteiger partial charge >= 0.3 is 0 Å². The van der Waals surface area contributed by atoms with Crippen LogP contribution in [0.2, 0.25) is 0 Å². The van der Waals surface area contributed by atoms with Crippen molar-refractivity contribution in [3.05, 3.63) is 46.7 Å². The van der Waals surface area contributed by atoms with Crippen LogP contribution >= 0.6 is 22.7 Å². The molecule has 0 saturated heterocycles. The van der Waals surface area contributed by atoms with Crippen LogP contribution in [0, 0.1) is 0 Å². The number of ether oxygens (including phenoxy) is 2. The second-order valence-electron chi connectivity index (χ2n) is 5.41. The fourth-order valence-electron chi connectivity index (χ4n) is 2.34. The molecule has 136 valence electrons. The second kappa shape index (κ2) is 8.88. The standard InChI is InChI=1S/C18H19N3O3S2/c1-23-10-9-21(16(22)12-15-4-3-11-25-15)18-20-19-17(26-18)13-5-7-14(24-2)8-6-13/h3-8,11H,9-10,12H2,1-2H3. The lowest BCUT2D eigenvalue weighted by Gasteiger charge is -2.18. The van der Waals surface area contributed by atoms with Crippen LogP contribution in [0.1, 0.15) is 4.88 Å². The maximum absolute atomic E-state index is 12.7. The first-order valence-electron chi connectivity index (χ1n) is 8.01. The molecule has 0 fully saturated rings. The molecule has 2 heterocycles. The molecule has 6 nitrogen and oxygen atoms in total. The van der Waals surface area contributed by atoms with E-state index < -0.39 is 0 Å². The zero-order valence-corrected chi connectivity index (χ0v) is 16.2. The Labute approximate surface area is 160 Å². The lowest BCUT2D eigenvalue weighted by molar-refractivity contribution is -0.118. The highest BCUT2D eigenvalue weighted by Crippen LogP contribution is 2.30. The summed E-state index contributed by atoms with van der Waals surface area (Å²) in [5.41, 5.74) is 0.937. The highest BCUT2D eigenvalue weighted by molar-refractivity contribution is 7.18. The summed E-state index contributed by atoms with van der Waals surface area (Å²) in [5, 5.41) is 11.8. The number of carbonyl (C=O) groups is 1. The molecule has 0 unspecified atom stereocenters. The number of carbonyl (C=O) groups excluding carboxylic acids is 1. The predicted molar refractivity (Wildman–Crippen MR) is 104 cm³/mol. The monoisotopic (exact) mass is 389 g/mol. The lowest BCUT2D eigenvalue weighted by atomic mass is 10.2. The van der Waals surface area contributed by atoms with Crippen molar-refractivity contribution in [1.82, 2.24) is 10.2 Å². The molecule has 0 aliphatic heterocycles. The number of nitrogens with zero attached hydrogens (tertiary/aromatic N) is 3. The van der Waals surface area contributed by atoms with Crippen LogP contribution < -0.4 is 9.64 Å². The third-order valence-corrected chi connectivity index (χ3v) is 5.58. The van der Waals surface area contributed by atoms with E-state index in [-0.39, 0.29) is 5.91 Å². The molecule has 2 aromatic heterocycles. The molecule has 8 heteroatoms. The number of rotatable bonds is 8. The Balaban J connectivity index is 1.79. The van der Waals surface area contributed by atoms with E-state index in [1.54, 1.807) is 30.5 Å². The van der Waals surface area contributed by atoms with Gasteiger partial charge in [-0.25, -0.2) is 0 Å². The summed E-state index contributed by atoms with van der Waals surface area (Å²) < 4.78 is 10.3. The minimum atomic E-state index is -0.0121. The fraction of sp³-hybridized carbons (Fsp3) is 0.278. The van der Waals surface area contributed by atoms with Crippen molar-refractivity contribution < 1.29 is 14.3 Å². The summed E-state index contributed by atoms with van der Waals surface area (Å²) >= 11 is 2.96. The Morgan fingerprint density at radius 1 is 1.15 bits per heavy atom. The highest BCUT2D eigenvalue weighted by atomic mass is 32.1. The van der Waals surface area contributed by atoms with Crippen molar-refractivity contribution in [2.75, 3.05) is 32.3 Å². The molecule has 1 aromatic carbocycles. The molecule has 3 rings (SSSR count). The summed E-state index contributed by atoms with van der Waals surface area (Å²) in [6, 6.07) is 11.5. The molecule has 1 amide bonds. The van der Waals surface area contributed by atoms with Crippen molar-refractivity contribution in [3.8, 4) is 16.3 Å². The molecule has 0 saturated carbocycles. The average molecular weight is 390 g/mol. The normalized spacial score (nSPS) is 10.7. The number of thiophene rings is 1. The van der Waals surface area contributed by atoms with Gasteiger partial charge in [-0.15, -0.1) is 21.5 Å². The van der Waals surface area contributed by atoms with Gasteiger partial charge < -0.3 is 9.47 Å². The number of amides is 1. The Morgan fingerprint density at radius 3 is 2.62 bits per heavy atom. The van der Waals surface area contributed by atoms with Crippen LogP contribution in [0.15, 0.2) is 41.8 Å². The Bertz CT molecular complexity index is 832. The summed E-state index contributed by atoms with van der Waals surface area (Å²) in [6.45, 7) is 0.881. The van der Waals surface area contributed by atoms with Gasteiger partial charge in [0.1, 0.15) is 10.8 Å². The maximum atomic E-state index is 12.7. The zero-order chi connectivity index (χ0) is 18.4. The summed E-state index contributed by atoms with van der Waals surface area (Å²) in [6.07, 6.45) is 0.346. The largest absolute Gasteiger partial charge is 0.497 e. The van der Waals surface area contributed by atoms with Crippen molar-refractivity contribution in [1.29, 1.82) is 0 Å². The second-order valence-corrected chi connectivity index (χ2v) is 7.40. The molecule has 0 aliphatic carbocycles. The molecular weight excluding hydrogens is 370 g/mol. The molecule has 0 aliphatic rings. The first-order chi connectivity index (χ1) is 12.7. The Kier molecular flexibility index (Phi) is 6.32. The van der Waals surface area contributed by atoms with Gasteiger partial charge in [0.05, 0.1) is 26.7 Å². The minimum Gasteiger partial charge on any atom is -0.497 e. The van der Waals surface area contributed by atoms with Crippen molar-refractivity contribution in [3.63, 3.8) is 0 Å². The smallest absolute Gasteiger partial charge is 0.234 e. The van der Waals surface area contributed by atoms with Crippen LogP contribution in [0.25, 0.3) is 10.6 Å². The van der Waals surface area contributed by atoms with Gasteiger partial charge in [0.2, 0.25) is 11.0 Å². The summed E-state index contributed by atoms with van der Waals surface area (Å²) in [5.74, 6) is 0.772. The van der Waals surface area contributed by atoms with E-state index in [4.69, 9.17) is 9.47 Å². The van der Waals surface area contributed by atoms with Crippen LogP contribution in [0.3, 0.4) is 0 Å². The SMILES string of the molecule is COCCN(C(=O)Cc1cccs1)c1nnc(-c2ccc(OC)cc2)s1. The van der Waals surface area contributed by atoms with E-state index in [1.165, 1.54) is 11.3 Å². The van der Waals surface area contributed by atoms with Gasteiger partial charge in [-0.3, -0.25) is 9.69 Å². The number of hydrogen-bond donors (Lipinski definition) is 0. The fourth-order valence-corrected chi connectivity index (χ4v) is 3.93. The van der Waals surface area contributed by atoms with E-state index in [0.717, 1.165) is 21.2 Å². The van der Waals surface area contributed by atoms with Crippen molar-refractivity contribution >= 4 is 33.7 Å². The van der Waals surface area contributed by atoms with E-state index >= 15 is 0 Å². The van der Waals surface area contributed by atoms with Gasteiger partial charge in [0.25, 0.3) is 0 Å². The van der Waals surface area contributed by atoms with E-state index in [9.17, 15) is 4.79 Å². The molecule has 0 atom stereocenters. The van der Waals surface area contributed by atoms with E-state index in [0.29, 0.717) is 24.7 Å². The molecule has 0 N–H and O–H groups in total. The van der Waals surface area contributed by atoms with Gasteiger partial charge in [-0.05, 0) is 35.7 Å². The Morgan fingerprint density at radius 2 is 1.96 bits per heavy atom. The van der Waals surface area contributed by atoms with Gasteiger partial charge in [0, 0.05) is 17.6 Å². The van der Waals surface area contributed by atoms with Gasteiger partial charge in [0.15, 0.2) is 0 Å². The van der Waals surface area contributed by atoms with Crippen LogP contribution in [0.5, 0.6) is 5.75 Å². The number of aromatic nitrogens is 2. The molecule has 3 aromatic rings. The maximum Gasteiger partial charge on any atom is 0.234 e. The zero-order valence-electron chi connectivity index (χ0n) is 14.5. The third kappa shape index (κ3) is 4.46. The molecule has 0 radical (unpaired) electrons. The quantitative estimate of drug-likeness (QED) is 0.590. The van der Waals surface area contributed by atoms with Crippen molar-refractivity contribution in [2.24, 2.45) is 0 Å². The van der Waals surface area contributed by atoms with Gasteiger partial charge in [-0.1, -0.05) is 17.4 Å². The van der Waals surface area contributed by atoms with Crippen LogP contribution in [0.4, 0.5) is 5.13 Å². The highest BCUT2D eigenvalue weighted by Gasteiger charge is 2.21. The van der Waals surface area contributed by atoms with Crippen LogP contribution in [-0.4, -0.2) is 43.5 Å². The minimum absolute atomic E-state index is 0.0121. The lowest BCUT2D eigenvalue weighted by Crippen LogP contribution is -2.34. The van der Waals surface area contributed by atoms with Gasteiger partial charge in [-0.2, -0.15) is 0 Å². The molecular formula is C18H19N3O3S2. The number of benzene rings is 1. The van der Waals surface area contributed by atoms with E-state index in [2.05, 4.69) is 10.2 Å². The molecule has 0 bridgehead atoms. The molecule has 0 spiro atoms. The third-order valence-electron chi connectivity index (χ3n) is 3.71. The number of anilines is 1. The van der Waals surface area contributed by atoms with Crippen LogP contribution in [-0.2, 0) is 16.0 Å². The number of methoxy groups -OCH3 is 2. The first kappa shape index (κ1) is 18.5. The average Bonchev–Trinajstić information content (AvgIpc) is 3.34. The Hall–Kier alpha value is -2.29. The van der Waals surface area contributed by atoms with Crippen molar-refractivity contribution in [2.45, 2.75) is 6.42 Å². The molecule has 26 heavy (non-hydrogen) atoms. The topological polar surface area (TPSA) is 64.5 Å². The first-order valence-corrected chi connectivity index (χ1v) is 9.70. The van der Waals surface area contributed by atoms with E-state index in [1.807, 2.05) is 41.8 Å². The summed E-state index contributed by atoms with van der Waals surface area (Å²) in [7, 11) is 3.25. The number of hydrogen-bond acceptors (Lipinski definition) is 7. The summed E-state index contributed by atoms with van der Waals surface area (Å²) in [4.78, 5) is 15.4.